The number of hydrogen-bond acceptors (Lipinski definition) is 2. The van der Waals surface area contributed by atoms with Gasteiger partial charge in [-0.05, 0) is 42.5 Å². The van der Waals surface area contributed by atoms with E-state index in [0.717, 1.165) is 15.6 Å². The lowest BCUT2D eigenvalue weighted by atomic mass is 9.97. The topological polar surface area (TPSA) is 66.4 Å². The maximum atomic E-state index is 11.9. The summed E-state index contributed by atoms with van der Waals surface area (Å²) in [5, 5.41) is 11.9. The van der Waals surface area contributed by atoms with Crippen LogP contribution in [0.15, 0.2) is 22.7 Å². The molecule has 1 aromatic carbocycles. The Kier molecular flexibility index (Phi) is 6.89. The van der Waals surface area contributed by atoms with E-state index in [0.29, 0.717) is 6.42 Å². The molecule has 0 aromatic heterocycles. The molecule has 0 aliphatic rings. The first-order valence-electron chi connectivity index (χ1n) is 7.04. The van der Waals surface area contributed by atoms with Crippen molar-refractivity contribution in [2.24, 2.45) is 11.8 Å². The van der Waals surface area contributed by atoms with E-state index in [-0.39, 0.29) is 24.8 Å². The molecule has 4 nitrogen and oxygen atoms in total. The number of amides is 1. The fourth-order valence-electron chi connectivity index (χ4n) is 2.17. The standard InChI is InChI=1S/C16H22BrNO3/c1-10(2)6-13(16(20)21)9-18-15(19)8-12-4-5-14(17)7-11(12)3/h4-5,7,10,13H,6,8-9H2,1-3H3,(H,18,19)(H,20,21). The number of hydrogen-bond donors (Lipinski definition) is 2. The number of aryl methyl sites for hydroxylation is 1. The van der Waals surface area contributed by atoms with Gasteiger partial charge in [-0.25, -0.2) is 0 Å². The van der Waals surface area contributed by atoms with Gasteiger partial charge in [0.25, 0.3) is 0 Å². The number of rotatable bonds is 7. The van der Waals surface area contributed by atoms with E-state index in [1.807, 2.05) is 39.0 Å². The van der Waals surface area contributed by atoms with Crippen LogP contribution in [0.1, 0.15) is 31.4 Å². The Morgan fingerprint density at radius 2 is 2.00 bits per heavy atom. The highest BCUT2D eigenvalue weighted by atomic mass is 79.9. The van der Waals surface area contributed by atoms with Gasteiger partial charge in [-0.2, -0.15) is 0 Å². The van der Waals surface area contributed by atoms with Crippen LogP contribution in [-0.2, 0) is 16.0 Å². The SMILES string of the molecule is Cc1cc(Br)ccc1CC(=O)NCC(CC(C)C)C(=O)O. The van der Waals surface area contributed by atoms with Gasteiger partial charge in [0.15, 0.2) is 0 Å². The second-order valence-corrected chi connectivity index (χ2v) is 6.63. The molecular formula is C16H22BrNO3. The van der Waals surface area contributed by atoms with Gasteiger partial charge in [0.05, 0.1) is 12.3 Å². The minimum atomic E-state index is -0.858. The Morgan fingerprint density at radius 3 is 2.52 bits per heavy atom. The zero-order valence-electron chi connectivity index (χ0n) is 12.6. The first-order chi connectivity index (χ1) is 9.79. The molecule has 0 bridgehead atoms. The fourth-order valence-corrected chi connectivity index (χ4v) is 2.65. The highest BCUT2D eigenvalue weighted by molar-refractivity contribution is 9.10. The molecule has 116 valence electrons. The van der Waals surface area contributed by atoms with E-state index in [4.69, 9.17) is 5.11 Å². The van der Waals surface area contributed by atoms with Gasteiger partial charge in [-0.3, -0.25) is 9.59 Å². The fraction of sp³-hybridized carbons (Fsp3) is 0.500. The van der Waals surface area contributed by atoms with Gasteiger partial charge < -0.3 is 10.4 Å². The molecule has 21 heavy (non-hydrogen) atoms. The van der Waals surface area contributed by atoms with Crippen LogP contribution < -0.4 is 5.32 Å². The van der Waals surface area contributed by atoms with Crippen molar-refractivity contribution in [1.82, 2.24) is 5.32 Å². The summed E-state index contributed by atoms with van der Waals surface area (Å²) in [6.45, 7) is 6.08. The highest BCUT2D eigenvalue weighted by Crippen LogP contribution is 2.16. The summed E-state index contributed by atoms with van der Waals surface area (Å²) in [4.78, 5) is 23.1. The van der Waals surface area contributed by atoms with Crippen LogP contribution in [0.2, 0.25) is 0 Å². The van der Waals surface area contributed by atoms with E-state index in [2.05, 4.69) is 21.2 Å². The largest absolute Gasteiger partial charge is 0.481 e. The third-order valence-electron chi connectivity index (χ3n) is 3.31. The smallest absolute Gasteiger partial charge is 0.308 e. The third kappa shape index (κ3) is 6.29. The summed E-state index contributed by atoms with van der Waals surface area (Å²) in [6, 6.07) is 5.76. The number of benzene rings is 1. The van der Waals surface area contributed by atoms with E-state index in [1.165, 1.54) is 0 Å². The zero-order valence-corrected chi connectivity index (χ0v) is 14.2. The normalized spacial score (nSPS) is 12.2. The summed E-state index contributed by atoms with van der Waals surface area (Å²) in [7, 11) is 0. The average molecular weight is 356 g/mol. The third-order valence-corrected chi connectivity index (χ3v) is 3.80. The highest BCUT2D eigenvalue weighted by Gasteiger charge is 2.19. The van der Waals surface area contributed by atoms with Gasteiger partial charge in [0, 0.05) is 11.0 Å². The van der Waals surface area contributed by atoms with Crippen molar-refractivity contribution in [3.8, 4) is 0 Å². The van der Waals surface area contributed by atoms with Crippen LogP contribution in [0.25, 0.3) is 0 Å². The summed E-state index contributed by atoms with van der Waals surface area (Å²) in [5.41, 5.74) is 1.99. The molecule has 0 saturated carbocycles. The molecule has 1 amide bonds. The van der Waals surface area contributed by atoms with Crippen molar-refractivity contribution >= 4 is 27.8 Å². The quantitative estimate of drug-likeness (QED) is 0.789. The van der Waals surface area contributed by atoms with Crippen LogP contribution in [-0.4, -0.2) is 23.5 Å². The monoisotopic (exact) mass is 355 g/mol. The Labute approximate surface area is 134 Å². The van der Waals surface area contributed by atoms with Crippen molar-refractivity contribution in [1.29, 1.82) is 0 Å². The lowest BCUT2D eigenvalue weighted by Gasteiger charge is -2.15. The lowest BCUT2D eigenvalue weighted by Crippen LogP contribution is -2.34. The summed E-state index contributed by atoms with van der Waals surface area (Å²) >= 11 is 3.39. The number of halogens is 1. The van der Waals surface area contributed by atoms with Gasteiger partial charge >= 0.3 is 5.97 Å². The van der Waals surface area contributed by atoms with Crippen LogP contribution in [0.5, 0.6) is 0 Å². The predicted octanol–water partition coefficient (Wildman–Crippen LogP) is 3.16. The predicted molar refractivity (Wildman–Crippen MR) is 86.2 cm³/mol. The number of nitrogens with one attached hydrogen (secondary N) is 1. The van der Waals surface area contributed by atoms with Crippen molar-refractivity contribution < 1.29 is 14.7 Å². The summed E-state index contributed by atoms with van der Waals surface area (Å²) in [5.74, 6) is -1.24. The first-order valence-corrected chi connectivity index (χ1v) is 7.83. The second-order valence-electron chi connectivity index (χ2n) is 5.72. The van der Waals surface area contributed by atoms with Crippen molar-refractivity contribution in [3.05, 3.63) is 33.8 Å². The Bertz CT molecular complexity index is 514. The van der Waals surface area contributed by atoms with Crippen LogP contribution in [0, 0.1) is 18.8 Å². The van der Waals surface area contributed by atoms with E-state index < -0.39 is 11.9 Å². The Hall–Kier alpha value is -1.36. The second kappa shape index (κ2) is 8.17. The molecule has 0 radical (unpaired) electrons. The van der Waals surface area contributed by atoms with Crippen molar-refractivity contribution in [2.75, 3.05) is 6.54 Å². The van der Waals surface area contributed by atoms with Gasteiger partial charge in [-0.1, -0.05) is 35.8 Å². The molecule has 1 unspecified atom stereocenters. The van der Waals surface area contributed by atoms with Crippen molar-refractivity contribution in [3.63, 3.8) is 0 Å². The number of carbonyl (C=O) groups excluding carboxylic acids is 1. The molecule has 0 saturated heterocycles. The van der Waals surface area contributed by atoms with Gasteiger partial charge in [-0.15, -0.1) is 0 Å². The zero-order chi connectivity index (χ0) is 16.0. The van der Waals surface area contributed by atoms with Gasteiger partial charge in [0.2, 0.25) is 5.91 Å². The van der Waals surface area contributed by atoms with Crippen molar-refractivity contribution in [2.45, 2.75) is 33.6 Å². The molecule has 1 atom stereocenters. The molecule has 0 heterocycles. The molecule has 1 rings (SSSR count). The molecule has 0 spiro atoms. The molecular weight excluding hydrogens is 334 g/mol. The average Bonchev–Trinajstić information content (AvgIpc) is 2.37. The van der Waals surface area contributed by atoms with E-state index in [9.17, 15) is 9.59 Å². The minimum absolute atomic E-state index is 0.143. The van der Waals surface area contributed by atoms with Crippen LogP contribution in [0.4, 0.5) is 0 Å². The lowest BCUT2D eigenvalue weighted by molar-refractivity contribution is -0.142. The molecule has 0 fully saturated rings. The number of carbonyl (C=O) groups is 2. The molecule has 1 aromatic rings. The first kappa shape index (κ1) is 17.7. The minimum Gasteiger partial charge on any atom is -0.481 e. The molecule has 0 aliphatic carbocycles. The van der Waals surface area contributed by atoms with E-state index in [1.54, 1.807) is 0 Å². The maximum Gasteiger partial charge on any atom is 0.308 e. The number of carboxylic acid groups (broad SMARTS) is 1. The molecule has 2 N–H and O–H groups in total. The summed E-state index contributed by atoms with van der Waals surface area (Å²) in [6.07, 6.45) is 0.833. The van der Waals surface area contributed by atoms with E-state index >= 15 is 0 Å². The van der Waals surface area contributed by atoms with Gasteiger partial charge in [0.1, 0.15) is 0 Å². The Balaban J connectivity index is 2.54. The van der Waals surface area contributed by atoms with Crippen LogP contribution in [0.3, 0.4) is 0 Å². The Morgan fingerprint density at radius 1 is 1.33 bits per heavy atom. The summed E-state index contributed by atoms with van der Waals surface area (Å²) < 4.78 is 0.979. The number of aliphatic carboxylic acids is 1. The molecule has 0 aliphatic heterocycles. The maximum absolute atomic E-state index is 11.9. The van der Waals surface area contributed by atoms with Crippen LogP contribution >= 0.6 is 15.9 Å². The molecule has 5 heteroatoms. The number of carboxylic acids is 1.